The van der Waals surface area contributed by atoms with Crippen molar-refractivity contribution in [2.45, 2.75) is 66.4 Å². The second-order valence-electron chi connectivity index (χ2n) is 9.25. The fourth-order valence-electron chi connectivity index (χ4n) is 3.98. The van der Waals surface area contributed by atoms with Crippen LogP contribution < -0.4 is 4.74 Å². The van der Waals surface area contributed by atoms with Gasteiger partial charge in [0, 0.05) is 18.4 Å². The normalized spacial score (nSPS) is 10.2. The van der Waals surface area contributed by atoms with E-state index in [-0.39, 0.29) is 36.3 Å². The van der Waals surface area contributed by atoms with Crippen LogP contribution in [0.25, 0.3) is 0 Å². The molecule has 0 spiro atoms. The van der Waals surface area contributed by atoms with E-state index in [0.717, 1.165) is 35.3 Å². The molecule has 0 atom stereocenters. The molecular formula is C33H40O7. The number of carbonyl (C=O) groups excluding carboxylic acids is 3. The Bertz CT molecular complexity index is 1230. The number of aryl methyl sites for hydroxylation is 3. The molecule has 1 N–H and O–H groups in total. The van der Waals surface area contributed by atoms with Crippen LogP contribution in [0, 0.1) is 13.8 Å². The Kier molecular flexibility index (Phi) is 14.0. The summed E-state index contributed by atoms with van der Waals surface area (Å²) >= 11 is 0. The molecule has 3 rings (SSSR count). The highest BCUT2D eigenvalue weighted by Crippen LogP contribution is 2.20. The molecule has 0 saturated heterocycles. The molecule has 40 heavy (non-hydrogen) atoms. The van der Waals surface area contributed by atoms with Crippen LogP contribution in [0.4, 0.5) is 0 Å². The number of aromatic hydroxyl groups is 1. The fraction of sp³-hybridized carbons (Fsp3) is 0.364. The lowest BCUT2D eigenvalue weighted by molar-refractivity contribution is -0.144. The van der Waals surface area contributed by atoms with Gasteiger partial charge in [-0.25, -0.2) is 0 Å². The Labute approximate surface area is 237 Å². The van der Waals surface area contributed by atoms with Gasteiger partial charge in [0.25, 0.3) is 0 Å². The van der Waals surface area contributed by atoms with Crippen molar-refractivity contribution in [3.05, 3.63) is 94.5 Å². The third-order valence-corrected chi connectivity index (χ3v) is 6.07. The van der Waals surface area contributed by atoms with Crippen molar-refractivity contribution in [3.63, 3.8) is 0 Å². The molecule has 0 heterocycles. The lowest BCUT2D eigenvalue weighted by Crippen LogP contribution is -2.09. The lowest BCUT2D eigenvalue weighted by atomic mass is 10.0. The van der Waals surface area contributed by atoms with Gasteiger partial charge in [-0.1, -0.05) is 36.4 Å². The van der Waals surface area contributed by atoms with Crippen LogP contribution in [0.1, 0.15) is 72.1 Å². The van der Waals surface area contributed by atoms with E-state index in [1.165, 1.54) is 5.56 Å². The highest BCUT2D eigenvalue weighted by molar-refractivity contribution is 5.98. The SMILES string of the molecule is CCOC(=O)CCC(=O)c1ccc(OCc2ccccc2)cc1C.CCOC(=O)CCCc1ccc(O)cc1C. The summed E-state index contributed by atoms with van der Waals surface area (Å²) in [5, 5.41) is 9.25. The summed E-state index contributed by atoms with van der Waals surface area (Å²) < 4.78 is 15.4. The van der Waals surface area contributed by atoms with Crippen LogP contribution in [-0.2, 0) is 32.1 Å². The van der Waals surface area contributed by atoms with Crippen LogP contribution in [-0.4, -0.2) is 36.0 Å². The zero-order valence-electron chi connectivity index (χ0n) is 23.9. The van der Waals surface area contributed by atoms with Gasteiger partial charge in [0.1, 0.15) is 18.1 Å². The Morgan fingerprint density at radius 3 is 2.05 bits per heavy atom. The molecule has 0 aliphatic rings. The monoisotopic (exact) mass is 548 g/mol. The highest BCUT2D eigenvalue weighted by atomic mass is 16.5. The summed E-state index contributed by atoms with van der Waals surface area (Å²) in [6, 6.07) is 20.6. The second kappa shape index (κ2) is 17.5. The van der Waals surface area contributed by atoms with E-state index in [0.29, 0.717) is 31.8 Å². The quantitative estimate of drug-likeness (QED) is 0.188. The maximum absolute atomic E-state index is 12.2. The molecule has 0 fully saturated rings. The van der Waals surface area contributed by atoms with Crippen molar-refractivity contribution in [1.82, 2.24) is 0 Å². The number of ketones is 1. The number of esters is 2. The molecule has 0 bridgehead atoms. The zero-order valence-corrected chi connectivity index (χ0v) is 23.9. The maximum atomic E-state index is 12.2. The van der Waals surface area contributed by atoms with Crippen molar-refractivity contribution in [2.24, 2.45) is 0 Å². The van der Waals surface area contributed by atoms with Crippen LogP contribution in [0.5, 0.6) is 11.5 Å². The van der Waals surface area contributed by atoms with Gasteiger partial charge >= 0.3 is 11.9 Å². The molecule has 0 saturated carbocycles. The molecule has 0 aliphatic heterocycles. The van der Waals surface area contributed by atoms with Gasteiger partial charge in [0.05, 0.1) is 19.6 Å². The number of benzene rings is 3. The largest absolute Gasteiger partial charge is 0.508 e. The molecule has 214 valence electrons. The maximum Gasteiger partial charge on any atom is 0.306 e. The number of phenolic OH excluding ortho intramolecular Hbond substituents is 1. The third-order valence-electron chi connectivity index (χ3n) is 6.07. The van der Waals surface area contributed by atoms with Crippen LogP contribution in [0.2, 0.25) is 0 Å². The standard InChI is InChI=1S/C20H22O4.C13H18O3/c1-3-23-20(22)12-11-19(21)18-10-9-17(13-15(18)2)24-14-16-7-5-4-6-8-16;1-3-16-13(15)6-4-5-11-7-8-12(14)9-10(11)2/h4-10,13H,3,11-12,14H2,1-2H3;7-9,14H,3-6H2,1-2H3. The van der Waals surface area contributed by atoms with Gasteiger partial charge in [0.2, 0.25) is 0 Å². The van der Waals surface area contributed by atoms with Gasteiger partial charge in [-0.3, -0.25) is 14.4 Å². The molecular weight excluding hydrogens is 508 g/mol. The van der Waals surface area contributed by atoms with Gasteiger partial charge in [-0.2, -0.15) is 0 Å². The van der Waals surface area contributed by atoms with Gasteiger partial charge in [-0.15, -0.1) is 0 Å². The molecule has 3 aromatic carbocycles. The summed E-state index contributed by atoms with van der Waals surface area (Å²) in [7, 11) is 0. The van der Waals surface area contributed by atoms with Crippen LogP contribution >= 0.6 is 0 Å². The summed E-state index contributed by atoms with van der Waals surface area (Å²) in [4.78, 5) is 34.7. The van der Waals surface area contributed by atoms with Gasteiger partial charge in [0.15, 0.2) is 5.78 Å². The molecule has 0 aromatic heterocycles. The number of carbonyl (C=O) groups is 3. The summed E-state index contributed by atoms with van der Waals surface area (Å²) in [6.07, 6.45) is 2.34. The highest BCUT2D eigenvalue weighted by Gasteiger charge is 2.13. The topological polar surface area (TPSA) is 99.1 Å². The summed E-state index contributed by atoms with van der Waals surface area (Å²) in [5.74, 6) is 0.463. The van der Waals surface area contributed by atoms with E-state index >= 15 is 0 Å². The van der Waals surface area contributed by atoms with E-state index in [2.05, 4.69) is 0 Å². The Morgan fingerprint density at radius 1 is 0.750 bits per heavy atom. The number of Topliss-reactive ketones (excluding diaryl/α,β-unsaturated/α-hetero) is 1. The summed E-state index contributed by atoms with van der Waals surface area (Å²) in [6.45, 7) is 8.64. The van der Waals surface area contributed by atoms with Crippen molar-refractivity contribution in [3.8, 4) is 11.5 Å². The number of hydrogen-bond acceptors (Lipinski definition) is 7. The van der Waals surface area contributed by atoms with E-state index in [4.69, 9.17) is 14.2 Å². The fourth-order valence-corrected chi connectivity index (χ4v) is 3.98. The van der Waals surface area contributed by atoms with Crippen molar-refractivity contribution < 1.29 is 33.7 Å². The molecule has 0 amide bonds. The van der Waals surface area contributed by atoms with E-state index in [9.17, 15) is 19.5 Å². The van der Waals surface area contributed by atoms with E-state index < -0.39 is 0 Å². The second-order valence-corrected chi connectivity index (χ2v) is 9.25. The molecule has 0 aliphatic carbocycles. The number of phenols is 1. The van der Waals surface area contributed by atoms with Gasteiger partial charge < -0.3 is 19.3 Å². The van der Waals surface area contributed by atoms with Crippen LogP contribution in [0.3, 0.4) is 0 Å². The first-order valence-corrected chi connectivity index (χ1v) is 13.6. The Morgan fingerprint density at radius 2 is 1.43 bits per heavy atom. The Balaban J connectivity index is 0.000000305. The van der Waals surface area contributed by atoms with E-state index in [1.807, 2.05) is 63.2 Å². The van der Waals surface area contributed by atoms with Gasteiger partial charge in [-0.05, 0) is 93.1 Å². The zero-order chi connectivity index (χ0) is 29.3. The number of ether oxygens (including phenoxy) is 3. The first-order chi connectivity index (χ1) is 19.2. The van der Waals surface area contributed by atoms with Crippen molar-refractivity contribution >= 4 is 17.7 Å². The average Bonchev–Trinajstić information content (AvgIpc) is 2.93. The van der Waals surface area contributed by atoms with Crippen molar-refractivity contribution in [1.29, 1.82) is 0 Å². The first-order valence-electron chi connectivity index (χ1n) is 13.6. The minimum atomic E-state index is -0.341. The van der Waals surface area contributed by atoms with E-state index in [1.54, 1.807) is 31.2 Å². The number of hydrogen-bond donors (Lipinski definition) is 1. The molecule has 7 heteroatoms. The van der Waals surface area contributed by atoms with Crippen LogP contribution in [0.15, 0.2) is 66.7 Å². The van der Waals surface area contributed by atoms with Crippen molar-refractivity contribution in [2.75, 3.05) is 13.2 Å². The lowest BCUT2D eigenvalue weighted by Gasteiger charge is -2.10. The molecule has 3 aromatic rings. The minimum absolute atomic E-state index is 0.0600. The average molecular weight is 549 g/mol. The first kappa shape index (κ1) is 32.1. The minimum Gasteiger partial charge on any atom is -0.508 e. The number of rotatable bonds is 13. The molecule has 7 nitrogen and oxygen atoms in total. The predicted molar refractivity (Wildman–Crippen MR) is 155 cm³/mol. The molecule has 0 unspecified atom stereocenters. The summed E-state index contributed by atoms with van der Waals surface area (Å²) in [5.41, 5.74) is 4.77. The predicted octanol–water partition coefficient (Wildman–Crippen LogP) is 6.69. The Hall–Kier alpha value is -4.13. The molecule has 0 radical (unpaired) electrons. The third kappa shape index (κ3) is 11.7. The smallest absolute Gasteiger partial charge is 0.306 e.